The summed E-state index contributed by atoms with van der Waals surface area (Å²) in [6.07, 6.45) is 0. The van der Waals surface area contributed by atoms with Crippen LogP contribution in [0.25, 0.3) is 0 Å². The van der Waals surface area contributed by atoms with E-state index in [2.05, 4.69) is 10.6 Å². The Balaban J connectivity index is 1.69. The zero-order valence-electron chi connectivity index (χ0n) is 11.7. The van der Waals surface area contributed by atoms with Crippen LogP contribution >= 0.6 is 0 Å². The van der Waals surface area contributed by atoms with Crippen molar-refractivity contribution in [3.63, 3.8) is 0 Å². The topological polar surface area (TPSA) is 59.6 Å². The lowest BCUT2D eigenvalue weighted by Crippen LogP contribution is -2.25. The Morgan fingerprint density at radius 3 is 3.05 bits per heavy atom. The molecule has 0 spiro atoms. The third-order valence-corrected chi connectivity index (χ3v) is 3.25. The van der Waals surface area contributed by atoms with Crippen LogP contribution in [0.1, 0.15) is 5.56 Å². The van der Waals surface area contributed by atoms with Crippen molar-refractivity contribution in [3.8, 4) is 11.5 Å². The van der Waals surface area contributed by atoms with Crippen LogP contribution in [0.5, 0.6) is 11.5 Å². The van der Waals surface area contributed by atoms with E-state index >= 15 is 0 Å². The molecule has 21 heavy (non-hydrogen) atoms. The summed E-state index contributed by atoms with van der Waals surface area (Å²) in [6, 6.07) is 13.5. The Labute approximate surface area is 122 Å². The average Bonchev–Trinajstić information content (AvgIpc) is 2.53. The summed E-state index contributed by atoms with van der Waals surface area (Å²) in [5.74, 6) is 1.40. The number of amides is 1. The van der Waals surface area contributed by atoms with Gasteiger partial charge in [0.2, 0.25) is 0 Å². The molecule has 3 rings (SSSR count). The Morgan fingerprint density at radius 2 is 2.19 bits per heavy atom. The first-order valence-corrected chi connectivity index (χ1v) is 6.68. The number of methoxy groups -OCH3 is 1. The summed E-state index contributed by atoms with van der Waals surface area (Å²) < 4.78 is 10.6. The minimum atomic E-state index is -0.125. The van der Waals surface area contributed by atoms with Crippen molar-refractivity contribution in [1.29, 1.82) is 0 Å². The molecule has 0 atom stereocenters. The van der Waals surface area contributed by atoms with Gasteiger partial charge >= 0.3 is 0 Å². The van der Waals surface area contributed by atoms with Crippen LogP contribution in [-0.4, -0.2) is 19.6 Å². The largest absolute Gasteiger partial charge is 0.497 e. The molecular formula is C16H16N2O3. The van der Waals surface area contributed by atoms with Crippen LogP contribution in [0.4, 0.5) is 11.4 Å². The molecule has 5 nitrogen and oxygen atoms in total. The number of hydrogen-bond donors (Lipinski definition) is 2. The van der Waals surface area contributed by atoms with Gasteiger partial charge in [0, 0.05) is 18.3 Å². The van der Waals surface area contributed by atoms with Crippen LogP contribution in [0, 0.1) is 0 Å². The molecule has 0 aliphatic carbocycles. The number of fused-ring (bicyclic) bond motifs is 1. The maximum Gasteiger partial charge on any atom is 0.262 e. The van der Waals surface area contributed by atoms with Crippen molar-refractivity contribution >= 4 is 17.3 Å². The fourth-order valence-corrected chi connectivity index (χ4v) is 2.17. The van der Waals surface area contributed by atoms with Crippen LogP contribution in [0.2, 0.25) is 0 Å². The molecule has 0 saturated heterocycles. The Hall–Kier alpha value is -2.69. The fourth-order valence-electron chi connectivity index (χ4n) is 2.17. The highest BCUT2D eigenvalue weighted by Gasteiger charge is 2.15. The summed E-state index contributed by atoms with van der Waals surface area (Å²) in [5.41, 5.74) is 2.77. The molecule has 1 amide bonds. The molecule has 1 aliphatic rings. The quantitative estimate of drug-likeness (QED) is 0.906. The molecule has 2 aromatic carbocycles. The summed E-state index contributed by atoms with van der Waals surface area (Å²) >= 11 is 0. The van der Waals surface area contributed by atoms with Gasteiger partial charge in [0.25, 0.3) is 5.91 Å². The van der Waals surface area contributed by atoms with E-state index in [-0.39, 0.29) is 12.5 Å². The number of benzene rings is 2. The molecule has 0 saturated carbocycles. The molecule has 0 bridgehead atoms. The molecule has 0 aromatic heterocycles. The second-order valence-corrected chi connectivity index (χ2v) is 4.75. The van der Waals surface area contributed by atoms with E-state index in [0.717, 1.165) is 17.0 Å². The minimum Gasteiger partial charge on any atom is -0.497 e. The number of anilines is 2. The van der Waals surface area contributed by atoms with E-state index in [1.165, 1.54) is 0 Å². The first-order valence-electron chi connectivity index (χ1n) is 6.68. The lowest BCUT2D eigenvalue weighted by Gasteiger charge is -2.19. The van der Waals surface area contributed by atoms with Crippen LogP contribution in [0.3, 0.4) is 0 Å². The number of rotatable bonds is 4. The van der Waals surface area contributed by atoms with Crippen LogP contribution in [-0.2, 0) is 11.3 Å². The van der Waals surface area contributed by atoms with E-state index < -0.39 is 0 Å². The lowest BCUT2D eigenvalue weighted by atomic mass is 10.2. The van der Waals surface area contributed by atoms with Crippen molar-refractivity contribution in [3.05, 3.63) is 48.0 Å². The highest BCUT2D eigenvalue weighted by Crippen LogP contribution is 2.30. The predicted octanol–water partition coefficient (Wildman–Crippen LogP) is 2.64. The number of carbonyl (C=O) groups is 1. The molecule has 2 N–H and O–H groups in total. The zero-order chi connectivity index (χ0) is 14.7. The van der Waals surface area contributed by atoms with Crippen molar-refractivity contribution in [1.82, 2.24) is 0 Å². The second-order valence-electron chi connectivity index (χ2n) is 4.75. The molecule has 1 heterocycles. The van der Waals surface area contributed by atoms with Gasteiger partial charge in [0.1, 0.15) is 11.5 Å². The molecule has 1 aliphatic heterocycles. The van der Waals surface area contributed by atoms with Crippen molar-refractivity contribution < 1.29 is 14.3 Å². The van der Waals surface area contributed by atoms with Gasteiger partial charge in [-0.05, 0) is 29.8 Å². The van der Waals surface area contributed by atoms with Gasteiger partial charge in [-0.15, -0.1) is 0 Å². The maximum absolute atomic E-state index is 11.2. The lowest BCUT2D eigenvalue weighted by molar-refractivity contribution is -0.118. The molecule has 5 heteroatoms. The highest BCUT2D eigenvalue weighted by molar-refractivity contribution is 5.95. The number of nitrogens with one attached hydrogen (secondary N) is 2. The second kappa shape index (κ2) is 5.75. The van der Waals surface area contributed by atoms with E-state index in [1.807, 2.05) is 42.5 Å². The summed E-state index contributed by atoms with van der Waals surface area (Å²) in [5, 5.41) is 6.09. The molecule has 0 unspecified atom stereocenters. The van der Waals surface area contributed by atoms with E-state index in [0.29, 0.717) is 18.0 Å². The summed E-state index contributed by atoms with van der Waals surface area (Å²) in [6.45, 7) is 0.745. The Morgan fingerprint density at radius 1 is 1.29 bits per heavy atom. The maximum atomic E-state index is 11.2. The molecule has 108 valence electrons. The monoisotopic (exact) mass is 284 g/mol. The van der Waals surface area contributed by atoms with Gasteiger partial charge in [-0.2, -0.15) is 0 Å². The first-order chi connectivity index (χ1) is 10.2. The third kappa shape index (κ3) is 3.08. The van der Waals surface area contributed by atoms with Gasteiger partial charge in [0.05, 0.1) is 12.8 Å². The summed E-state index contributed by atoms with van der Waals surface area (Å²) in [4.78, 5) is 11.2. The average molecular weight is 284 g/mol. The molecular weight excluding hydrogens is 268 g/mol. The van der Waals surface area contributed by atoms with Crippen molar-refractivity contribution in [2.45, 2.75) is 6.54 Å². The minimum absolute atomic E-state index is 0.0618. The van der Waals surface area contributed by atoms with Gasteiger partial charge in [-0.1, -0.05) is 12.1 Å². The zero-order valence-corrected chi connectivity index (χ0v) is 11.7. The van der Waals surface area contributed by atoms with Crippen molar-refractivity contribution in [2.75, 3.05) is 24.4 Å². The molecule has 2 aromatic rings. The van der Waals surface area contributed by atoms with Crippen molar-refractivity contribution in [2.24, 2.45) is 0 Å². The van der Waals surface area contributed by atoms with Gasteiger partial charge in [-0.3, -0.25) is 4.79 Å². The fraction of sp³-hybridized carbons (Fsp3) is 0.188. The Bertz CT molecular complexity index is 670. The van der Waals surface area contributed by atoms with E-state index in [1.54, 1.807) is 7.11 Å². The number of hydrogen-bond acceptors (Lipinski definition) is 4. The van der Waals surface area contributed by atoms with Gasteiger partial charge < -0.3 is 20.1 Å². The number of carbonyl (C=O) groups excluding carboxylic acids is 1. The SMILES string of the molecule is COc1cccc(CNc2ccc3c(c2)OCC(=O)N3)c1. The predicted molar refractivity (Wildman–Crippen MR) is 80.9 cm³/mol. The first kappa shape index (κ1) is 13.3. The van der Waals surface area contributed by atoms with Crippen LogP contribution < -0.4 is 20.1 Å². The Kier molecular flexibility index (Phi) is 3.64. The molecule has 0 fully saturated rings. The molecule has 0 radical (unpaired) electrons. The van der Waals surface area contributed by atoms with Crippen LogP contribution in [0.15, 0.2) is 42.5 Å². The van der Waals surface area contributed by atoms with E-state index in [4.69, 9.17) is 9.47 Å². The normalized spacial score (nSPS) is 12.9. The smallest absolute Gasteiger partial charge is 0.262 e. The highest BCUT2D eigenvalue weighted by atomic mass is 16.5. The number of ether oxygens (including phenoxy) is 2. The van der Waals surface area contributed by atoms with Gasteiger partial charge in [0.15, 0.2) is 6.61 Å². The summed E-state index contributed by atoms with van der Waals surface area (Å²) in [7, 11) is 1.65. The van der Waals surface area contributed by atoms with Gasteiger partial charge in [-0.25, -0.2) is 0 Å². The van der Waals surface area contributed by atoms with E-state index in [9.17, 15) is 4.79 Å². The third-order valence-electron chi connectivity index (χ3n) is 3.25. The standard InChI is InChI=1S/C16H16N2O3/c1-20-13-4-2-3-11(7-13)9-17-12-5-6-14-15(8-12)21-10-16(19)18-14/h2-8,17H,9-10H2,1H3,(H,18,19).